The number of benzene rings is 1. The van der Waals surface area contributed by atoms with Crippen LogP contribution in [0.25, 0.3) is 10.2 Å². The quantitative estimate of drug-likeness (QED) is 0.532. The van der Waals surface area contributed by atoms with E-state index < -0.39 is 0 Å². The Hall–Kier alpha value is -1.83. The van der Waals surface area contributed by atoms with Crippen LogP contribution in [0.5, 0.6) is 0 Å². The second-order valence-corrected chi connectivity index (χ2v) is 8.06. The average molecular weight is 394 g/mol. The highest BCUT2D eigenvalue weighted by Crippen LogP contribution is 2.26. The Balaban J connectivity index is 1.64. The second kappa shape index (κ2) is 7.59. The van der Waals surface area contributed by atoms with Crippen LogP contribution < -0.4 is 10.9 Å². The summed E-state index contributed by atoms with van der Waals surface area (Å²) in [5.74, 6) is 0.580. The molecule has 3 rings (SSSR count). The third kappa shape index (κ3) is 3.89. The van der Waals surface area contributed by atoms with Gasteiger partial charge in [-0.1, -0.05) is 11.6 Å². The number of carbonyl (C=O) groups excluding carboxylic acids is 1. The molecule has 0 aliphatic heterocycles. The fourth-order valence-corrected chi connectivity index (χ4v) is 4.32. The van der Waals surface area contributed by atoms with Crippen LogP contribution in [-0.4, -0.2) is 27.8 Å². The zero-order valence-corrected chi connectivity index (χ0v) is 16.1. The summed E-state index contributed by atoms with van der Waals surface area (Å²) in [6.45, 7) is 2.32. The molecule has 0 aliphatic rings. The third-order valence-electron chi connectivity index (χ3n) is 3.69. The molecule has 0 saturated heterocycles. The summed E-state index contributed by atoms with van der Waals surface area (Å²) in [4.78, 5) is 31.1. The minimum absolute atomic E-state index is 0.129. The fourth-order valence-electron chi connectivity index (χ4n) is 2.37. The summed E-state index contributed by atoms with van der Waals surface area (Å²) >= 11 is 8.75. The van der Waals surface area contributed by atoms with Gasteiger partial charge in [0.25, 0.3) is 11.5 Å². The van der Waals surface area contributed by atoms with Crippen LogP contribution in [0.1, 0.15) is 15.2 Å². The molecule has 0 spiro atoms. The molecular weight excluding hydrogens is 378 g/mol. The molecule has 1 aromatic carbocycles. The Bertz CT molecular complexity index is 980. The van der Waals surface area contributed by atoms with Crippen LogP contribution in [0.15, 0.2) is 40.3 Å². The van der Waals surface area contributed by atoms with E-state index in [4.69, 9.17) is 11.6 Å². The van der Waals surface area contributed by atoms with Gasteiger partial charge >= 0.3 is 0 Å². The van der Waals surface area contributed by atoms with Gasteiger partial charge < -0.3 is 9.88 Å². The van der Waals surface area contributed by atoms with Crippen LogP contribution in [0.4, 0.5) is 0 Å². The SMILES string of the molecule is Cc1c(C(=O)NCCSc2ccc(Cl)cc2)sc2ncn(C)c(=O)c12. The van der Waals surface area contributed by atoms with E-state index >= 15 is 0 Å². The monoisotopic (exact) mass is 393 g/mol. The Kier molecular flexibility index (Phi) is 5.46. The highest BCUT2D eigenvalue weighted by molar-refractivity contribution is 7.99. The van der Waals surface area contributed by atoms with Crippen molar-refractivity contribution in [3.8, 4) is 0 Å². The number of hydrogen-bond acceptors (Lipinski definition) is 5. The van der Waals surface area contributed by atoms with E-state index in [-0.39, 0.29) is 11.5 Å². The number of thiophene rings is 1. The smallest absolute Gasteiger partial charge is 0.262 e. The standard InChI is InChI=1S/C17H16ClN3O2S2/c1-10-13-16(20-9-21(2)17(13)23)25-14(10)15(22)19-7-8-24-12-5-3-11(18)4-6-12/h3-6,9H,7-8H2,1-2H3,(H,19,22). The lowest BCUT2D eigenvalue weighted by molar-refractivity contribution is 0.0960. The first-order chi connectivity index (χ1) is 12.0. The number of amides is 1. The number of halogens is 1. The van der Waals surface area contributed by atoms with E-state index in [2.05, 4.69) is 10.3 Å². The zero-order valence-electron chi connectivity index (χ0n) is 13.7. The topological polar surface area (TPSA) is 64.0 Å². The first-order valence-corrected chi connectivity index (χ1v) is 9.76. The van der Waals surface area contributed by atoms with Gasteiger partial charge in [-0.3, -0.25) is 9.59 Å². The molecule has 3 aromatic rings. The van der Waals surface area contributed by atoms with E-state index in [1.165, 1.54) is 22.2 Å². The van der Waals surface area contributed by atoms with Crippen LogP contribution in [-0.2, 0) is 7.05 Å². The van der Waals surface area contributed by atoms with Crippen molar-refractivity contribution in [2.45, 2.75) is 11.8 Å². The molecule has 25 heavy (non-hydrogen) atoms. The molecule has 2 aromatic heterocycles. The average Bonchev–Trinajstić information content (AvgIpc) is 2.94. The van der Waals surface area contributed by atoms with Gasteiger partial charge in [-0.25, -0.2) is 4.98 Å². The number of thioether (sulfide) groups is 1. The molecule has 0 radical (unpaired) electrons. The zero-order chi connectivity index (χ0) is 18.0. The van der Waals surface area contributed by atoms with Gasteiger partial charge in [0.2, 0.25) is 0 Å². The molecule has 0 unspecified atom stereocenters. The predicted molar refractivity (Wildman–Crippen MR) is 104 cm³/mol. The minimum atomic E-state index is -0.167. The number of carbonyl (C=O) groups is 1. The van der Waals surface area contributed by atoms with Crippen molar-refractivity contribution < 1.29 is 4.79 Å². The maximum atomic E-state index is 12.4. The van der Waals surface area contributed by atoms with Crippen molar-refractivity contribution in [3.05, 3.63) is 56.4 Å². The number of fused-ring (bicyclic) bond motifs is 1. The highest BCUT2D eigenvalue weighted by Gasteiger charge is 2.18. The molecule has 5 nitrogen and oxygen atoms in total. The van der Waals surface area contributed by atoms with E-state index in [0.29, 0.717) is 32.2 Å². The number of aromatic nitrogens is 2. The Morgan fingerprint density at radius 1 is 1.36 bits per heavy atom. The molecule has 0 bridgehead atoms. The molecule has 0 aliphatic carbocycles. The van der Waals surface area contributed by atoms with Gasteiger partial charge in [-0.2, -0.15) is 0 Å². The number of nitrogens with one attached hydrogen (secondary N) is 1. The molecule has 1 N–H and O–H groups in total. The summed E-state index contributed by atoms with van der Waals surface area (Å²) in [5, 5.41) is 4.13. The van der Waals surface area contributed by atoms with Crippen molar-refractivity contribution in [2.75, 3.05) is 12.3 Å². The maximum Gasteiger partial charge on any atom is 0.262 e. The number of hydrogen-bond donors (Lipinski definition) is 1. The normalized spacial score (nSPS) is 11.0. The van der Waals surface area contributed by atoms with Gasteiger partial charge in [0.1, 0.15) is 4.83 Å². The second-order valence-electron chi connectivity index (χ2n) is 5.46. The Labute approximate surface area is 158 Å². The minimum Gasteiger partial charge on any atom is -0.350 e. The predicted octanol–water partition coefficient (Wildman–Crippen LogP) is 3.48. The van der Waals surface area contributed by atoms with Gasteiger partial charge in [-0.15, -0.1) is 23.1 Å². The van der Waals surface area contributed by atoms with E-state index in [9.17, 15) is 9.59 Å². The van der Waals surface area contributed by atoms with Crippen LogP contribution in [0, 0.1) is 6.92 Å². The Morgan fingerprint density at radius 2 is 2.08 bits per heavy atom. The lowest BCUT2D eigenvalue weighted by Crippen LogP contribution is -2.25. The van der Waals surface area contributed by atoms with Crippen LogP contribution in [0.2, 0.25) is 5.02 Å². The lowest BCUT2D eigenvalue weighted by atomic mass is 10.2. The van der Waals surface area contributed by atoms with Crippen molar-refractivity contribution in [1.82, 2.24) is 14.9 Å². The first-order valence-electron chi connectivity index (χ1n) is 7.58. The van der Waals surface area contributed by atoms with E-state index in [1.807, 2.05) is 24.3 Å². The summed E-state index contributed by atoms with van der Waals surface area (Å²) in [5.41, 5.74) is 0.563. The first kappa shape index (κ1) is 18.0. The van der Waals surface area contributed by atoms with Crippen LogP contribution in [0.3, 0.4) is 0 Å². The molecule has 2 heterocycles. The molecule has 130 valence electrons. The maximum absolute atomic E-state index is 12.4. The molecular formula is C17H16ClN3O2S2. The van der Waals surface area contributed by atoms with Gasteiger partial charge in [0.05, 0.1) is 16.6 Å². The summed E-state index contributed by atoms with van der Waals surface area (Å²) in [7, 11) is 1.65. The van der Waals surface area contributed by atoms with Crippen molar-refractivity contribution in [1.29, 1.82) is 0 Å². The van der Waals surface area contributed by atoms with Gasteiger partial charge in [-0.05, 0) is 36.8 Å². The van der Waals surface area contributed by atoms with E-state index in [1.54, 1.807) is 25.7 Å². The molecule has 1 amide bonds. The summed E-state index contributed by atoms with van der Waals surface area (Å²) in [6.07, 6.45) is 1.48. The van der Waals surface area contributed by atoms with E-state index in [0.717, 1.165) is 10.6 Å². The Morgan fingerprint density at radius 3 is 2.80 bits per heavy atom. The highest BCUT2D eigenvalue weighted by atomic mass is 35.5. The van der Waals surface area contributed by atoms with Gasteiger partial charge in [0.15, 0.2) is 0 Å². The van der Waals surface area contributed by atoms with Crippen LogP contribution >= 0.6 is 34.7 Å². The lowest BCUT2D eigenvalue weighted by Gasteiger charge is -2.05. The summed E-state index contributed by atoms with van der Waals surface area (Å²) in [6, 6.07) is 7.59. The molecule has 8 heteroatoms. The van der Waals surface area contributed by atoms with Crippen molar-refractivity contribution >= 4 is 50.8 Å². The number of rotatable bonds is 5. The molecule has 0 atom stereocenters. The number of aryl methyl sites for hydroxylation is 2. The summed E-state index contributed by atoms with van der Waals surface area (Å²) < 4.78 is 1.42. The molecule has 0 fully saturated rings. The van der Waals surface area contributed by atoms with Crippen molar-refractivity contribution in [3.63, 3.8) is 0 Å². The van der Waals surface area contributed by atoms with Crippen molar-refractivity contribution in [2.24, 2.45) is 7.05 Å². The molecule has 0 saturated carbocycles. The number of nitrogens with zero attached hydrogens (tertiary/aromatic N) is 2. The van der Waals surface area contributed by atoms with Gasteiger partial charge in [0, 0.05) is 29.3 Å². The fraction of sp³-hybridized carbons (Fsp3) is 0.235. The third-order valence-corrected chi connectivity index (χ3v) is 6.15. The largest absolute Gasteiger partial charge is 0.350 e.